The van der Waals surface area contributed by atoms with Gasteiger partial charge < -0.3 is 14.4 Å². The number of aryl methyl sites for hydroxylation is 1. The summed E-state index contributed by atoms with van der Waals surface area (Å²) in [6.45, 7) is 4.91. The zero-order valence-electron chi connectivity index (χ0n) is 9.90. The van der Waals surface area contributed by atoms with Crippen LogP contribution in [0.4, 0.5) is 0 Å². The predicted molar refractivity (Wildman–Crippen MR) is 59.6 cm³/mol. The van der Waals surface area contributed by atoms with E-state index in [9.17, 15) is 9.59 Å². The van der Waals surface area contributed by atoms with E-state index in [1.54, 1.807) is 11.8 Å². The molecule has 2 rings (SSSR count). The summed E-state index contributed by atoms with van der Waals surface area (Å²) in [5.74, 6) is -0.101. The van der Waals surface area contributed by atoms with Gasteiger partial charge in [-0.3, -0.25) is 4.79 Å². The van der Waals surface area contributed by atoms with Gasteiger partial charge >= 0.3 is 5.97 Å². The van der Waals surface area contributed by atoms with Gasteiger partial charge in [0.1, 0.15) is 5.76 Å². The first-order valence-electron chi connectivity index (χ1n) is 5.57. The first-order valence-corrected chi connectivity index (χ1v) is 5.57. The summed E-state index contributed by atoms with van der Waals surface area (Å²) in [4.78, 5) is 24.1. The molecule has 0 spiro atoms. The number of furan rings is 1. The fourth-order valence-corrected chi connectivity index (χ4v) is 2.11. The van der Waals surface area contributed by atoms with Gasteiger partial charge in [-0.1, -0.05) is 6.92 Å². The normalized spacial score (nSPS) is 20.0. The lowest BCUT2D eigenvalue weighted by Gasteiger charge is -2.15. The zero-order valence-corrected chi connectivity index (χ0v) is 9.90. The predicted octanol–water partition coefficient (Wildman–Crippen LogP) is 1.65. The van der Waals surface area contributed by atoms with Crippen LogP contribution in [0, 0.1) is 12.8 Å². The van der Waals surface area contributed by atoms with Gasteiger partial charge in [-0.15, -0.1) is 0 Å². The average molecular weight is 237 g/mol. The van der Waals surface area contributed by atoms with Crippen molar-refractivity contribution in [3.05, 3.63) is 23.2 Å². The Labute approximate surface area is 99.0 Å². The highest BCUT2D eigenvalue weighted by Gasteiger charge is 2.27. The average Bonchev–Trinajstić information content (AvgIpc) is 2.73. The van der Waals surface area contributed by atoms with Gasteiger partial charge in [-0.05, 0) is 18.9 Å². The Morgan fingerprint density at radius 2 is 2.35 bits per heavy atom. The number of carbonyl (C=O) groups excluding carboxylic acids is 1. The molecule has 1 aromatic rings. The number of aromatic carboxylic acids is 1. The maximum atomic E-state index is 11.6. The standard InChI is InChI=1S/C12H15NO4/c1-7-3-11(14)13(5-7)6-9-4-10(12(15)16)17-8(9)2/h4,7H,3,5-6H2,1-2H3,(H,15,16). The highest BCUT2D eigenvalue weighted by molar-refractivity contribution is 5.84. The van der Waals surface area contributed by atoms with E-state index in [-0.39, 0.29) is 11.7 Å². The highest BCUT2D eigenvalue weighted by atomic mass is 16.4. The maximum Gasteiger partial charge on any atom is 0.371 e. The molecule has 1 amide bonds. The second kappa shape index (κ2) is 4.24. The smallest absolute Gasteiger partial charge is 0.371 e. The second-order valence-corrected chi connectivity index (χ2v) is 4.58. The van der Waals surface area contributed by atoms with E-state index >= 15 is 0 Å². The van der Waals surface area contributed by atoms with E-state index in [0.717, 1.165) is 12.1 Å². The first-order chi connectivity index (χ1) is 7.97. The Morgan fingerprint density at radius 1 is 1.65 bits per heavy atom. The summed E-state index contributed by atoms with van der Waals surface area (Å²) in [5, 5.41) is 8.80. The van der Waals surface area contributed by atoms with E-state index in [0.29, 0.717) is 24.6 Å². The van der Waals surface area contributed by atoms with Gasteiger partial charge in [0.2, 0.25) is 11.7 Å². The van der Waals surface area contributed by atoms with Crippen LogP contribution in [0.2, 0.25) is 0 Å². The van der Waals surface area contributed by atoms with E-state index in [4.69, 9.17) is 9.52 Å². The fourth-order valence-electron chi connectivity index (χ4n) is 2.11. The summed E-state index contributed by atoms with van der Waals surface area (Å²) in [6, 6.07) is 1.49. The van der Waals surface area contributed by atoms with E-state index < -0.39 is 5.97 Å². The second-order valence-electron chi connectivity index (χ2n) is 4.58. The third-order valence-electron chi connectivity index (χ3n) is 3.00. The molecule has 1 aliphatic heterocycles. The topological polar surface area (TPSA) is 70.8 Å². The van der Waals surface area contributed by atoms with Crippen LogP contribution in [0.25, 0.3) is 0 Å². The minimum absolute atomic E-state index is 0.0720. The summed E-state index contributed by atoms with van der Waals surface area (Å²) >= 11 is 0. The number of hydrogen-bond acceptors (Lipinski definition) is 3. The van der Waals surface area contributed by atoms with Crippen molar-refractivity contribution in [1.82, 2.24) is 4.90 Å². The van der Waals surface area contributed by atoms with E-state index in [1.807, 2.05) is 6.92 Å². The summed E-state index contributed by atoms with van der Waals surface area (Å²) < 4.78 is 5.11. The van der Waals surface area contributed by atoms with Gasteiger partial charge in [0.05, 0.1) is 0 Å². The van der Waals surface area contributed by atoms with Crippen LogP contribution in [-0.4, -0.2) is 28.4 Å². The van der Waals surface area contributed by atoms with Gasteiger partial charge in [0, 0.05) is 25.1 Å². The molecule has 0 aromatic carbocycles. The highest BCUT2D eigenvalue weighted by Crippen LogP contribution is 2.22. The number of nitrogens with zero attached hydrogens (tertiary/aromatic N) is 1. The molecule has 0 saturated carbocycles. The molecule has 0 aliphatic carbocycles. The monoisotopic (exact) mass is 237 g/mol. The first kappa shape index (κ1) is 11.7. The molecule has 5 nitrogen and oxygen atoms in total. The molecule has 92 valence electrons. The number of amides is 1. The van der Waals surface area contributed by atoms with Crippen molar-refractivity contribution in [2.75, 3.05) is 6.54 Å². The lowest BCUT2D eigenvalue weighted by molar-refractivity contribution is -0.128. The van der Waals surface area contributed by atoms with Crippen molar-refractivity contribution in [1.29, 1.82) is 0 Å². The van der Waals surface area contributed by atoms with Crippen molar-refractivity contribution in [3.8, 4) is 0 Å². The summed E-state index contributed by atoms with van der Waals surface area (Å²) in [6.07, 6.45) is 0.572. The molecule has 0 radical (unpaired) electrons. The van der Waals surface area contributed by atoms with Crippen LogP contribution in [0.15, 0.2) is 10.5 Å². The number of rotatable bonds is 3. The largest absolute Gasteiger partial charge is 0.475 e. The lowest BCUT2D eigenvalue weighted by Crippen LogP contribution is -2.24. The zero-order chi connectivity index (χ0) is 12.6. The summed E-state index contributed by atoms with van der Waals surface area (Å²) in [7, 11) is 0. The Bertz CT molecular complexity index is 463. The quantitative estimate of drug-likeness (QED) is 0.867. The SMILES string of the molecule is Cc1oc(C(=O)O)cc1CN1CC(C)CC1=O. The molecular formula is C12H15NO4. The minimum atomic E-state index is -1.08. The third-order valence-corrected chi connectivity index (χ3v) is 3.00. The molecule has 0 bridgehead atoms. The van der Waals surface area contributed by atoms with Crippen LogP contribution >= 0.6 is 0 Å². The van der Waals surface area contributed by atoms with E-state index in [2.05, 4.69) is 0 Å². The number of carbonyl (C=O) groups is 2. The Hall–Kier alpha value is -1.78. The molecule has 1 aliphatic rings. The van der Waals surface area contributed by atoms with Crippen molar-refractivity contribution in [2.45, 2.75) is 26.8 Å². The number of carboxylic acids is 1. The van der Waals surface area contributed by atoms with Crippen LogP contribution in [0.3, 0.4) is 0 Å². The Balaban J connectivity index is 2.13. The molecule has 1 unspecified atom stereocenters. The fraction of sp³-hybridized carbons (Fsp3) is 0.500. The minimum Gasteiger partial charge on any atom is -0.475 e. The van der Waals surface area contributed by atoms with Crippen molar-refractivity contribution in [2.24, 2.45) is 5.92 Å². The van der Waals surface area contributed by atoms with Gasteiger partial charge in [0.25, 0.3) is 0 Å². The summed E-state index contributed by atoms with van der Waals surface area (Å²) in [5.41, 5.74) is 0.768. The molecule has 1 N–H and O–H groups in total. The molecule has 2 heterocycles. The molecule has 5 heteroatoms. The van der Waals surface area contributed by atoms with Gasteiger partial charge in [-0.25, -0.2) is 4.79 Å². The van der Waals surface area contributed by atoms with Crippen LogP contribution < -0.4 is 0 Å². The number of carboxylic acid groups (broad SMARTS) is 1. The molecule has 1 fully saturated rings. The molecule has 17 heavy (non-hydrogen) atoms. The van der Waals surface area contributed by atoms with Crippen molar-refractivity contribution in [3.63, 3.8) is 0 Å². The maximum absolute atomic E-state index is 11.6. The Morgan fingerprint density at radius 3 is 2.82 bits per heavy atom. The Kier molecular flexibility index (Phi) is 2.92. The number of likely N-dealkylation sites (tertiary alicyclic amines) is 1. The third kappa shape index (κ3) is 2.33. The van der Waals surface area contributed by atoms with Crippen LogP contribution in [0.1, 0.15) is 35.2 Å². The lowest BCUT2D eigenvalue weighted by atomic mass is 10.2. The van der Waals surface area contributed by atoms with Gasteiger partial charge in [0.15, 0.2) is 0 Å². The van der Waals surface area contributed by atoms with Crippen molar-refractivity contribution >= 4 is 11.9 Å². The van der Waals surface area contributed by atoms with E-state index in [1.165, 1.54) is 6.07 Å². The number of hydrogen-bond donors (Lipinski definition) is 1. The van der Waals surface area contributed by atoms with Gasteiger partial charge in [-0.2, -0.15) is 0 Å². The van der Waals surface area contributed by atoms with Crippen LogP contribution in [0.5, 0.6) is 0 Å². The molecule has 1 saturated heterocycles. The molecular weight excluding hydrogens is 222 g/mol. The van der Waals surface area contributed by atoms with Crippen LogP contribution in [-0.2, 0) is 11.3 Å². The van der Waals surface area contributed by atoms with Crippen molar-refractivity contribution < 1.29 is 19.1 Å². The molecule has 1 aromatic heterocycles. The molecule has 1 atom stereocenters.